The summed E-state index contributed by atoms with van der Waals surface area (Å²) in [7, 11) is 0. The molecule has 3 aromatic rings. The number of carbonyl (C=O) groups excluding carboxylic acids is 2. The molecule has 0 bridgehead atoms. The van der Waals surface area contributed by atoms with E-state index in [1.807, 2.05) is 25.1 Å². The van der Waals surface area contributed by atoms with Crippen LogP contribution in [0.1, 0.15) is 21.8 Å². The standard InChI is InChI=1S/C19H17N3O4S/c1-13-6-5-9-15(10-13)25-17(23)12-27-19-22-21-16(26-19)11-20-18(24)14-7-3-2-4-8-14/h2-10H,11-12H2,1H3,(H,20,24). The van der Waals surface area contributed by atoms with Crippen molar-refractivity contribution in [2.75, 3.05) is 5.75 Å². The lowest BCUT2D eigenvalue weighted by Crippen LogP contribution is -2.22. The predicted octanol–water partition coefficient (Wildman–Crippen LogP) is 3.01. The van der Waals surface area contributed by atoms with Gasteiger partial charge in [0.2, 0.25) is 5.89 Å². The Morgan fingerprint density at radius 2 is 1.93 bits per heavy atom. The van der Waals surface area contributed by atoms with Gasteiger partial charge in [0, 0.05) is 5.56 Å². The Kier molecular flexibility index (Phi) is 6.22. The van der Waals surface area contributed by atoms with Crippen LogP contribution in [-0.2, 0) is 11.3 Å². The first-order valence-electron chi connectivity index (χ1n) is 8.16. The van der Waals surface area contributed by atoms with E-state index >= 15 is 0 Å². The van der Waals surface area contributed by atoms with E-state index in [2.05, 4.69) is 15.5 Å². The molecule has 1 aromatic heterocycles. The second kappa shape index (κ2) is 9.00. The molecule has 0 saturated carbocycles. The number of thioether (sulfide) groups is 1. The number of hydrogen-bond donors (Lipinski definition) is 1. The normalized spacial score (nSPS) is 10.4. The van der Waals surface area contributed by atoms with E-state index in [9.17, 15) is 9.59 Å². The molecule has 0 aliphatic rings. The van der Waals surface area contributed by atoms with E-state index in [1.54, 1.807) is 36.4 Å². The van der Waals surface area contributed by atoms with Gasteiger partial charge in [0.15, 0.2) is 0 Å². The van der Waals surface area contributed by atoms with Crippen molar-refractivity contribution < 1.29 is 18.7 Å². The number of nitrogens with one attached hydrogen (secondary N) is 1. The van der Waals surface area contributed by atoms with Crippen LogP contribution in [0.3, 0.4) is 0 Å². The van der Waals surface area contributed by atoms with Gasteiger partial charge in [0.1, 0.15) is 11.5 Å². The molecule has 0 fully saturated rings. The number of carbonyl (C=O) groups is 2. The number of hydrogen-bond acceptors (Lipinski definition) is 7. The van der Waals surface area contributed by atoms with Gasteiger partial charge < -0.3 is 14.5 Å². The Balaban J connectivity index is 1.45. The number of rotatable bonds is 7. The van der Waals surface area contributed by atoms with Gasteiger partial charge in [0.25, 0.3) is 11.1 Å². The van der Waals surface area contributed by atoms with Crippen LogP contribution in [0, 0.1) is 6.92 Å². The first kappa shape index (κ1) is 18.7. The van der Waals surface area contributed by atoms with Gasteiger partial charge in [0.05, 0.1) is 6.54 Å². The summed E-state index contributed by atoms with van der Waals surface area (Å²) in [5.74, 6) is 0.142. The fourth-order valence-electron chi connectivity index (χ4n) is 2.18. The van der Waals surface area contributed by atoms with Crippen molar-refractivity contribution in [1.29, 1.82) is 0 Å². The molecule has 0 saturated heterocycles. The average Bonchev–Trinajstić information content (AvgIpc) is 3.13. The van der Waals surface area contributed by atoms with Gasteiger partial charge in [-0.1, -0.05) is 42.1 Å². The number of aromatic nitrogens is 2. The molecule has 0 unspecified atom stereocenters. The van der Waals surface area contributed by atoms with Crippen LogP contribution < -0.4 is 10.1 Å². The molecular weight excluding hydrogens is 366 g/mol. The molecule has 1 N–H and O–H groups in total. The number of aryl methyl sites for hydroxylation is 1. The van der Waals surface area contributed by atoms with Crippen molar-refractivity contribution >= 4 is 23.6 Å². The maximum atomic E-state index is 12.0. The lowest BCUT2D eigenvalue weighted by Gasteiger charge is -2.03. The van der Waals surface area contributed by atoms with Crippen LogP contribution in [0.2, 0.25) is 0 Å². The largest absolute Gasteiger partial charge is 0.426 e. The summed E-state index contributed by atoms with van der Waals surface area (Å²) in [4.78, 5) is 23.9. The Labute approximate surface area is 160 Å². The molecule has 2 aromatic carbocycles. The molecule has 3 rings (SSSR count). The zero-order valence-electron chi connectivity index (χ0n) is 14.5. The van der Waals surface area contributed by atoms with E-state index in [-0.39, 0.29) is 29.3 Å². The second-order valence-electron chi connectivity index (χ2n) is 5.59. The topological polar surface area (TPSA) is 94.3 Å². The van der Waals surface area contributed by atoms with Crippen LogP contribution in [0.25, 0.3) is 0 Å². The molecule has 1 amide bonds. The minimum Gasteiger partial charge on any atom is -0.426 e. The maximum absolute atomic E-state index is 12.0. The van der Waals surface area contributed by atoms with Gasteiger partial charge >= 0.3 is 5.97 Å². The van der Waals surface area contributed by atoms with Crippen LogP contribution in [0.15, 0.2) is 64.2 Å². The van der Waals surface area contributed by atoms with Crippen LogP contribution in [-0.4, -0.2) is 27.8 Å². The Morgan fingerprint density at radius 3 is 2.70 bits per heavy atom. The Morgan fingerprint density at radius 1 is 1.11 bits per heavy atom. The van der Waals surface area contributed by atoms with E-state index in [0.29, 0.717) is 11.3 Å². The highest BCUT2D eigenvalue weighted by atomic mass is 32.2. The van der Waals surface area contributed by atoms with E-state index in [1.165, 1.54) is 0 Å². The summed E-state index contributed by atoms with van der Waals surface area (Å²) in [6.45, 7) is 2.03. The average molecular weight is 383 g/mol. The molecule has 0 aliphatic carbocycles. The minimum absolute atomic E-state index is 0.0337. The summed E-state index contributed by atoms with van der Waals surface area (Å²) in [6.07, 6.45) is 0. The van der Waals surface area contributed by atoms with Crippen molar-refractivity contribution in [3.63, 3.8) is 0 Å². The summed E-state index contributed by atoms with van der Waals surface area (Å²) >= 11 is 1.08. The third-order valence-corrected chi connectivity index (χ3v) is 4.21. The zero-order chi connectivity index (χ0) is 19.1. The summed E-state index contributed by atoms with van der Waals surface area (Å²) < 4.78 is 10.7. The maximum Gasteiger partial charge on any atom is 0.321 e. The van der Waals surface area contributed by atoms with Crippen LogP contribution in [0.5, 0.6) is 5.75 Å². The monoisotopic (exact) mass is 383 g/mol. The van der Waals surface area contributed by atoms with Crippen LogP contribution >= 0.6 is 11.8 Å². The fourth-order valence-corrected chi connectivity index (χ4v) is 2.73. The number of esters is 1. The molecular formula is C19H17N3O4S. The van der Waals surface area contributed by atoms with Crippen molar-refractivity contribution in [3.05, 3.63) is 71.6 Å². The lowest BCUT2D eigenvalue weighted by molar-refractivity contribution is -0.131. The molecule has 7 nitrogen and oxygen atoms in total. The van der Waals surface area contributed by atoms with Gasteiger partial charge in [-0.05, 0) is 36.8 Å². The third kappa shape index (κ3) is 5.68. The highest BCUT2D eigenvalue weighted by Gasteiger charge is 2.12. The second-order valence-corrected chi connectivity index (χ2v) is 6.52. The Hall–Kier alpha value is -3.13. The van der Waals surface area contributed by atoms with E-state index in [0.717, 1.165) is 17.3 Å². The first-order chi connectivity index (χ1) is 13.1. The van der Waals surface area contributed by atoms with Crippen molar-refractivity contribution in [1.82, 2.24) is 15.5 Å². The van der Waals surface area contributed by atoms with E-state index in [4.69, 9.17) is 9.15 Å². The number of amides is 1. The zero-order valence-corrected chi connectivity index (χ0v) is 15.4. The first-order valence-corrected chi connectivity index (χ1v) is 9.14. The highest BCUT2D eigenvalue weighted by Crippen LogP contribution is 2.18. The molecule has 138 valence electrons. The summed E-state index contributed by atoms with van der Waals surface area (Å²) in [6, 6.07) is 16.1. The van der Waals surface area contributed by atoms with Crippen molar-refractivity contribution in [2.24, 2.45) is 0 Å². The molecule has 27 heavy (non-hydrogen) atoms. The molecule has 0 aliphatic heterocycles. The molecule has 8 heteroatoms. The molecule has 0 spiro atoms. The summed E-state index contributed by atoms with van der Waals surface area (Å²) in [5, 5.41) is 10.6. The van der Waals surface area contributed by atoms with E-state index < -0.39 is 5.97 Å². The smallest absolute Gasteiger partial charge is 0.321 e. The van der Waals surface area contributed by atoms with Gasteiger partial charge in [-0.2, -0.15) is 0 Å². The van der Waals surface area contributed by atoms with Crippen molar-refractivity contribution in [2.45, 2.75) is 18.7 Å². The minimum atomic E-state index is -0.414. The number of benzene rings is 2. The number of ether oxygens (including phenoxy) is 1. The van der Waals surface area contributed by atoms with Gasteiger partial charge in [-0.25, -0.2) is 0 Å². The Bertz CT molecular complexity index is 927. The molecule has 0 atom stereocenters. The predicted molar refractivity (Wildman–Crippen MR) is 99.4 cm³/mol. The molecule has 0 radical (unpaired) electrons. The molecule has 1 heterocycles. The van der Waals surface area contributed by atoms with Crippen LogP contribution in [0.4, 0.5) is 0 Å². The van der Waals surface area contributed by atoms with Gasteiger partial charge in [-0.3, -0.25) is 9.59 Å². The quantitative estimate of drug-likeness (QED) is 0.381. The highest BCUT2D eigenvalue weighted by molar-refractivity contribution is 7.99. The number of nitrogens with zero attached hydrogens (tertiary/aromatic N) is 2. The fraction of sp³-hybridized carbons (Fsp3) is 0.158. The lowest BCUT2D eigenvalue weighted by atomic mass is 10.2. The SMILES string of the molecule is Cc1cccc(OC(=O)CSc2nnc(CNC(=O)c3ccccc3)o2)c1. The summed E-state index contributed by atoms with van der Waals surface area (Å²) in [5.41, 5.74) is 1.55. The van der Waals surface area contributed by atoms with Crippen molar-refractivity contribution in [3.8, 4) is 5.75 Å². The van der Waals surface area contributed by atoms with Gasteiger partial charge in [-0.15, -0.1) is 10.2 Å². The third-order valence-electron chi connectivity index (χ3n) is 3.42.